The predicted octanol–water partition coefficient (Wildman–Crippen LogP) is 0.516. The number of ether oxygens (including phenoxy) is 1. The summed E-state index contributed by atoms with van der Waals surface area (Å²) in [6.45, 7) is 3.65. The van der Waals surface area contributed by atoms with Crippen LogP contribution in [0.15, 0.2) is 0 Å². The first-order chi connectivity index (χ1) is 4.72. The van der Waals surface area contributed by atoms with Gasteiger partial charge in [-0.05, 0) is 13.8 Å². The summed E-state index contributed by atoms with van der Waals surface area (Å²) < 4.78 is 4.61. The summed E-state index contributed by atoms with van der Waals surface area (Å²) in [7, 11) is 1.34. The largest absolute Gasteiger partial charge is 0.464 e. The summed E-state index contributed by atoms with van der Waals surface area (Å²) in [4.78, 5) is 19.5. The molecular formula is C6H12O4. The first-order valence-corrected chi connectivity index (χ1v) is 3.08. The van der Waals surface area contributed by atoms with E-state index in [-0.39, 0.29) is 0 Å². The van der Waals surface area contributed by atoms with Crippen molar-refractivity contribution < 1.29 is 19.3 Å². The fourth-order valence-electron chi connectivity index (χ4n) is 0.443. The van der Waals surface area contributed by atoms with Gasteiger partial charge in [0, 0.05) is 0 Å². The number of carbonyl (C=O) groups is 1. The first kappa shape index (κ1) is 9.39. The van der Waals surface area contributed by atoms with E-state index in [1.54, 1.807) is 13.8 Å². The second-order valence-electron chi connectivity index (χ2n) is 1.66. The van der Waals surface area contributed by atoms with Gasteiger partial charge < -0.3 is 4.74 Å². The molecule has 0 spiro atoms. The fourth-order valence-corrected chi connectivity index (χ4v) is 0.443. The van der Waals surface area contributed by atoms with Crippen molar-refractivity contribution >= 4 is 5.97 Å². The van der Waals surface area contributed by atoms with Crippen molar-refractivity contribution in [1.29, 1.82) is 0 Å². The van der Waals surface area contributed by atoms with Crippen molar-refractivity contribution in [2.45, 2.75) is 20.0 Å². The minimum absolute atomic E-state index is 0.357. The molecule has 0 saturated carbocycles. The fraction of sp³-hybridized carbons (Fsp3) is 0.833. The van der Waals surface area contributed by atoms with Crippen LogP contribution >= 0.6 is 0 Å². The van der Waals surface area contributed by atoms with Crippen molar-refractivity contribution in [2.75, 3.05) is 13.7 Å². The second kappa shape index (κ2) is 5.20. The molecule has 0 saturated heterocycles. The lowest BCUT2D eigenvalue weighted by molar-refractivity contribution is -0.298. The van der Waals surface area contributed by atoms with E-state index < -0.39 is 12.1 Å². The molecule has 0 aromatic heterocycles. The average Bonchev–Trinajstić information content (AvgIpc) is 1.89. The highest BCUT2D eigenvalue weighted by Gasteiger charge is 2.14. The van der Waals surface area contributed by atoms with Crippen LogP contribution in [-0.2, 0) is 19.3 Å². The van der Waals surface area contributed by atoms with Crippen molar-refractivity contribution in [3.63, 3.8) is 0 Å². The molecule has 0 aliphatic rings. The quantitative estimate of drug-likeness (QED) is 0.331. The molecule has 0 fully saturated rings. The summed E-state index contributed by atoms with van der Waals surface area (Å²) in [6.07, 6.45) is -0.648. The zero-order valence-corrected chi connectivity index (χ0v) is 6.42. The molecule has 60 valence electrons. The Morgan fingerprint density at radius 2 is 2.20 bits per heavy atom. The van der Waals surface area contributed by atoms with Crippen LogP contribution in [0.5, 0.6) is 0 Å². The van der Waals surface area contributed by atoms with Gasteiger partial charge in [0.1, 0.15) is 0 Å². The number of esters is 1. The van der Waals surface area contributed by atoms with Crippen LogP contribution in [-0.4, -0.2) is 25.8 Å². The number of hydrogen-bond donors (Lipinski definition) is 0. The monoisotopic (exact) mass is 148 g/mol. The summed E-state index contributed by atoms with van der Waals surface area (Å²) in [6, 6.07) is 0. The summed E-state index contributed by atoms with van der Waals surface area (Å²) in [5.41, 5.74) is 0. The Morgan fingerprint density at radius 1 is 1.60 bits per heavy atom. The van der Waals surface area contributed by atoms with Gasteiger partial charge in [-0.15, -0.1) is 0 Å². The molecule has 0 radical (unpaired) electrons. The molecule has 0 aliphatic carbocycles. The third kappa shape index (κ3) is 3.42. The lowest BCUT2D eigenvalue weighted by Gasteiger charge is -2.07. The molecule has 0 N–H and O–H groups in total. The third-order valence-electron chi connectivity index (χ3n) is 0.859. The molecule has 0 aromatic carbocycles. The molecule has 10 heavy (non-hydrogen) atoms. The number of hydrogen-bond acceptors (Lipinski definition) is 4. The molecule has 4 heteroatoms. The maximum atomic E-state index is 10.7. The smallest absolute Gasteiger partial charge is 0.338 e. The Morgan fingerprint density at radius 3 is 2.60 bits per heavy atom. The highest BCUT2D eigenvalue weighted by atomic mass is 17.2. The normalized spacial score (nSPS) is 12.7. The van der Waals surface area contributed by atoms with Crippen LogP contribution in [0.25, 0.3) is 0 Å². The third-order valence-corrected chi connectivity index (χ3v) is 0.859. The molecular weight excluding hydrogens is 136 g/mol. The van der Waals surface area contributed by atoms with E-state index in [2.05, 4.69) is 14.5 Å². The molecule has 0 rings (SSSR count). The highest BCUT2D eigenvalue weighted by Crippen LogP contribution is 1.93. The Hall–Kier alpha value is -0.610. The van der Waals surface area contributed by atoms with Crippen LogP contribution in [0, 0.1) is 0 Å². The Labute approximate surface area is 60.0 Å². The lowest BCUT2D eigenvalue weighted by Crippen LogP contribution is -2.22. The van der Waals surface area contributed by atoms with Crippen molar-refractivity contribution in [1.82, 2.24) is 0 Å². The first-order valence-electron chi connectivity index (χ1n) is 3.08. The Balaban J connectivity index is 3.49. The van der Waals surface area contributed by atoms with Crippen LogP contribution in [0.2, 0.25) is 0 Å². The maximum Gasteiger partial charge on any atom is 0.338 e. The van der Waals surface area contributed by atoms with Crippen LogP contribution in [0.4, 0.5) is 0 Å². The van der Waals surface area contributed by atoms with Gasteiger partial charge in [-0.2, -0.15) is 0 Å². The van der Waals surface area contributed by atoms with Gasteiger partial charge in [0.05, 0.1) is 13.7 Å². The van der Waals surface area contributed by atoms with Crippen molar-refractivity contribution in [3.05, 3.63) is 0 Å². The summed E-state index contributed by atoms with van der Waals surface area (Å²) in [5, 5.41) is 0. The van der Waals surface area contributed by atoms with Gasteiger partial charge in [0.2, 0.25) is 0 Å². The average molecular weight is 148 g/mol. The Kier molecular flexibility index (Phi) is 4.88. The molecule has 0 amide bonds. The SMILES string of the molecule is CCOC(=O)C(C)OOC. The van der Waals surface area contributed by atoms with E-state index in [0.29, 0.717) is 6.61 Å². The van der Waals surface area contributed by atoms with Gasteiger partial charge >= 0.3 is 5.97 Å². The number of carbonyl (C=O) groups excluding carboxylic acids is 1. The zero-order valence-electron chi connectivity index (χ0n) is 6.42. The van der Waals surface area contributed by atoms with E-state index in [1.165, 1.54) is 7.11 Å². The van der Waals surface area contributed by atoms with Gasteiger partial charge in [0.15, 0.2) is 6.10 Å². The van der Waals surface area contributed by atoms with E-state index >= 15 is 0 Å². The topological polar surface area (TPSA) is 44.8 Å². The molecule has 0 aromatic rings. The van der Waals surface area contributed by atoms with E-state index in [9.17, 15) is 4.79 Å². The minimum atomic E-state index is -0.648. The van der Waals surface area contributed by atoms with Gasteiger partial charge in [-0.3, -0.25) is 0 Å². The predicted molar refractivity (Wildman–Crippen MR) is 34.2 cm³/mol. The standard InChI is InChI=1S/C6H12O4/c1-4-9-6(7)5(2)10-8-3/h5H,4H2,1-3H3. The lowest BCUT2D eigenvalue weighted by atomic mass is 10.4. The number of rotatable bonds is 4. The molecule has 0 bridgehead atoms. The summed E-state index contributed by atoms with van der Waals surface area (Å²) in [5.74, 6) is -0.413. The molecule has 1 unspecified atom stereocenters. The van der Waals surface area contributed by atoms with Gasteiger partial charge in [-0.1, -0.05) is 0 Å². The van der Waals surface area contributed by atoms with Crippen molar-refractivity contribution in [2.24, 2.45) is 0 Å². The van der Waals surface area contributed by atoms with E-state index in [4.69, 9.17) is 0 Å². The Bertz CT molecular complexity index is 102. The van der Waals surface area contributed by atoms with Crippen molar-refractivity contribution in [3.8, 4) is 0 Å². The zero-order chi connectivity index (χ0) is 7.98. The van der Waals surface area contributed by atoms with Crippen LogP contribution in [0.1, 0.15) is 13.8 Å². The van der Waals surface area contributed by atoms with Crippen LogP contribution < -0.4 is 0 Å². The van der Waals surface area contributed by atoms with E-state index in [1.807, 2.05) is 0 Å². The molecule has 1 atom stereocenters. The second-order valence-corrected chi connectivity index (χ2v) is 1.66. The van der Waals surface area contributed by atoms with Crippen LogP contribution in [0.3, 0.4) is 0 Å². The molecule has 4 nitrogen and oxygen atoms in total. The maximum absolute atomic E-state index is 10.7. The highest BCUT2D eigenvalue weighted by molar-refractivity contribution is 5.73. The van der Waals surface area contributed by atoms with Gasteiger partial charge in [0.25, 0.3) is 0 Å². The molecule has 0 heterocycles. The van der Waals surface area contributed by atoms with Gasteiger partial charge in [-0.25, -0.2) is 14.6 Å². The van der Waals surface area contributed by atoms with E-state index in [0.717, 1.165) is 0 Å². The minimum Gasteiger partial charge on any atom is -0.464 e. The molecule has 0 aliphatic heterocycles. The summed E-state index contributed by atoms with van der Waals surface area (Å²) >= 11 is 0.